The highest BCUT2D eigenvalue weighted by molar-refractivity contribution is 6.33. The van der Waals surface area contributed by atoms with E-state index in [0.717, 1.165) is 73.3 Å². The first-order chi connectivity index (χ1) is 33.0. The molecule has 4 N–H and O–H groups in total. The van der Waals surface area contributed by atoms with E-state index in [1.165, 1.54) is 0 Å². The smallest absolute Gasteiger partial charge is 0.306 e. The van der Waals surface area contributed by atoms with Gasteiger partial charge in [0.15, 0.2) is 30.4 Å². The van der Waals surface area contributed by atoms with E-state index >= 15 is 0 Å². The Morgan fingerprint density at radius 1 is 0.632 bits per heavy atom. The monoisotopic (exact) mass is 932 g/mol. The molecule has 2 aliphatic heterocycles. The summed E-state index contributed by atoms with van der Waals surface area (Å²) in [5.41, 5.74) is 1.77. The maximum absolute atomic E-state index is 14.9. The summed E-state index contributed by atoms with van der Waals surface area (Å²) in [7, 11) is 0. The van der Waals surface area contributed by atoms with E-state index in [1.54, 1.807) is 6.07 Å². The highest BCUT2D eigenvalue weighted by Crippen LogP contribution is 2.49. The van der Waals surface area contributed by atoms with Crippen molar-refractivity contribution in [2.45, 2.75) is 142 Å². The van der Waals surface area contributed by atoms with E-state index in [0.29, 0.717) is 54.0 Å². The summed E-state index contributed by atoms with van der Waals surface area (Å²) in [5, 5.41) is 26.9. The molecule has 14 heteroatoms. The van der Waals surface area contributed by atoms with Crippen molar-refractivity contribution >= 4 is 74.9 Å². The average molecular weight is 933 g/mol. The molecule has 7 rings (SSSR count). The number of nitrogens with one attached hydrogen (secondary N) is 4. The zero-order valence-electron chi connectivity index (χ0n) is 40.2. The van der Waals surface area contributed by atoms with Crippen LogP contribution in [0, 0.1) is 11.8 Å². The Kier molecular flexibility index (Phi) is 16.6. The topological polar surface area (TPSA) is 195 Å². The van der Waals surface area contributed by atoms with Crippen molar-refractivity contribution in [2.75, 3.05) is 42.4 Å². The van der Waals surface area contributed by atoms with Crippen molar-refractivity contribution in [2.24, 2.45) is 11.8 Å². The molecule has 3 aromatic carbocycles. The summed E-state index contributed by atoms with van der Waals surface area (Å²) in [5.74, 6) is -4.10. The average Bonchev–Trinajstić information content (AvgIpc) is 3.33. The zero-order valence-corrected chi connectivity index (χ0v) is 40.2. The molecular weight excluding hydrogens is 865 g/mol. The lowest BCUT2D eigenvalue weighted by Gasteiger charge is -2.44. The molecule has 2 aliphatic carbocycles. The molecule has 0 aromatic heterocycles. The third-order valence-electron chi connectivity index (χ3n) is 13.3. The number of carbonyl (C=O) groups is 5. The van der Waals surface area contributed by atoms with Crippen LogP contribution in [0.15, 0.2) is 60.4 Å². The normalized spacial score (nSPS) is 18.0. The van der Waals surface area contributed by atoms with E-state index in [9.17, 15) is 29.1 Å². The van der Waals surface area contributed by atoms with E-state index in [4.69, 9.17) is 18.9 Å². The Bertz CT molecular complexity index is 2400. The van der Waals surface area contributed by atoms with Gasteiger partial charge >= 0.3 is 29.5 Å². The summed E-state index contributed by atoms with van der Waals surface area (Å²) in [6.45, 7) is 7.43. The molecular formula is C54H68N4O10. The van der Waals surface area contributed by atoms with Gasteiger partial charge in [0.1, 0.15) is 13.2 Å². The molecule has 0 amide bonds. The van der Waals surface area contributed by atoms with E-state index in [-0.39, 0.29) is 93.1 Å². The number of rotatable bonds is 26. The van der Waals surface area contributed by atoms with Crippen molar-refractivity contribution in [3.8, 4) is 0 Å². The third kappa shape index (κ3) is 11.2. The van der Waals surface area contributed by atoms with Crippen LogP contribution in [0.25, 0.3) is 22.4 Å². The Balaban J connectivity index is 1.24. The van der Waals surface area contributed by atoms with E-state index < -0.39 is 23.2 Å². The maximum atomic E-state index is 14.9. The third-order valence-corrected chi connectivity index (χ3v) is 13.3. The van der Waals surface area contributed by atoms with Crippen molar-refractivity contribution in [1.82, 2.24) is 0 Å². The second-order valence-electron chi connectivity index (χ2n) is 18.7. The molecule has 2 unspecified atom stereocenters. The summed E-state index contributed by atoms with van der Waals surface area (Å²) in [6, 6.07) is 15.0. The summed E-state index contributed by atoms with van der Waals surface area (Å²) in [6.07, 6.45) is 14.8. The second-order valence-corrected chi connectivity index (χ2v) is 18.7. The summed E-state index contributed by atoms with van der Waals surface area (Å²) in [4.78, 5) is 70.6. The molecule has 0 bridgehead atoms. The molecule has 364 valence electrons. The lowest BCUT2D eigenvalue weighted by atomic mass is 9.67. The Hall–Kier alpha value is -6.18. The number of carbonyl (C=O) groups excluding carboxylic acids is 5. The van der Waals surface area contributed by atoms with Crippen LogP contribution in [-0.4, -0.2) is 73.1 Å². The fraction of sp³-hybridized carbons (Fsp3) is 0.519. The van der Waals surface area contributed by atoms with Crippen LogP contribution >= 0.6 is 0 Å². The van der Waals surface area contributed by atoms with Crippen LogP contribution in [-0.2, 0) is 42.9 Å². The molecule has 0 spiro atoms. The van der Waals surface area contributed by atoms with Gasteiger partial charge in [-0.05, 0) is 48.8 Å². The van der Waals surface area contributed by atoms with Gasteiger partial charge in [0.05, 0.1) is 28.8 Å². The number of Topliss-reactive ketones (excluding diaryl/α,β-unsaturated/α-hetero) is 1. The number of ether oxygens (including phenoxy) is 4. The molecule has 0 saturated heterocycles. The molecule has 2 atom stereocenters. The lowest BCUT2D eigenvalue weighted by Crippen LogP contribution is -2.96. The lowest BCUT2D eigenvalue weighted by molar-refractivity contribution is -0.555. The van der Waals surface area contributed by atoms with Gasteiger partial charge in [0, 0.05) is 47.9 Å². The number of esters is 4. The molecule has 0 fully saturated rings. The molecule has 68 heavy (non-hydrogen) atoms. The number of anilines is 3. The standard InChI is InChI=1S/C54H68N4O10/c1-5-9-13-23-41(59)65-31-53(32-66-42(60)24-14-10-6-2)55-39-21-17-19-35-27-29-37(49(57-53)45(35)39)47-51(63)48(52(47)64)38-30-28-36-20-18-22-40-46(36)50(38)58-54(56-40,33-67-43(61)25-15-11-7-3)34-68-44(62)26-16-12-8-4/h17-22,27-30,37,47,55-56,58,63H,5-16,23-26,31-34H2,1-4H3. The minimum Gasteiger partial charge on any atom is -0.874 e. The molecule has 2 heterocycles. The first-order valence-corrected chi connectivity index (χ1v) is 24.9. The fourth-order valence-electron chi connectivity index (χ4n) is 9.52. The van der Waals surface area contributed by atoms with Crippen molar-refractivity contribution in [3.63, 3.8) is 0 Å². The second kappa shape index (κ2) is 22.7. The van der Waals surface area contributed by atoms with E-state index in [2.05, 4.69) is 48.6 Å². The molecule has 0 saturated carbocycles. The summed E-state index contributed by atoms with van der Waals surface area (Å²) >= 11 is 0. The molecule has 4 aliphatic rings. The minimum absolute atomic E-state index is 0.0217. The highest BCUT2D eigenvalue weighted by Gasteiger charge is 2.52. The predicted molar refractivity (Wildman–Crippen MR) is 260 cm³/mol. The van der Waals surface area contributed by atoms with Gasteiger partial charge in [-0.3, -0.25) is 24.0 Å². The van der Waals surface area contributed by atoms with Crippen LogP contribution < -0.4 is 26.0 Å². The van der Waals surface area contributed by atoms with Crippen LogP contribution in [0.5, 0.6) is 0 Å². The van der Waals surface area contributed by atoms with Gasteiger partial charge in [-0.1, -0.05) is 128 Å². The van der Waals surface area contributed by atoms with Crippen molar-refractivity contribution in [1.29, 1.82) is 0 Å². The number of hydrogen-bond donors (Lipinski definition) is 4. The van der Waals surface area contributed by atoms with Crippen molar-refractivity contribution in [3.05, 3.63) is 77.1 Å². The van der Waals surface area contributed by atoms with Crippen molar-refractivity contribution < 1.29 is 53.0 Å². The maximum Gasteiger partial charge on any atom is 0.306 e. The van der Waals surface area contributed by atoms with Gasteiger partial charge < -0.3 is 40.0 Å². The van der Waals surface area contributed by atoms with Crippen LogP contribution in [0.4, 0.5) is 17.1 Å². The van der Waals surface area contributed by atoms with Crippen LogP contribution in [0.1, 0.15) is 147 Å². The highest BCUT2D eigenvalue weighted by atomic mass is 16.6. The fourth-order valence-corrected chi connectivity index (χ4v) is 9.52. The van der Waals surface area contributed by atoms with Gasteiger partial charge in [0.25, 0.3) is 0 Å². The first kappa shape index (κ1) is 49.7. The first-order valence-electron chi connectivity index (χ1n) is 24.9. The molecule has 0 radical (unpaired) electrons. The predicted octanol–water partition coefficient (Wildman–Crippen LogP) is 7.47. The minimum atomic E-state index is -1.34. The quantitative estimate of drug-likeness (QED) is 0.0352. The number of benzene rings is 3. The van der Waals surface area contributed by atoms with Crippen LogP contribution in [0.2, 0.25) is 0 Å². The number of allylic oxidation sites excluding steroid dienone is 3. The number of ketones is 1. The Labute approximate surface area is 399 Å². The van der Waals surface area contributed by atoms with Gasteiger partial charge in [-0.15, -0.1) is 5.76 Å². The van der Waals surface area contributed by atoms with E-state index in [1.807, 2.05) is 54.6 Å². The van der Waals surface area contributed by atoms with Crippen LogP contribution in [0.3, 0.4) is 0 Å². The summed E-state index contributed by atoms with van der Waals surface area (Å²) < 4.78 is 23.5. The Morgan fingerprint density at radius 2 is 1.16 bits per heavy atom. The zero-order chi connectivity index (χ0) is 48.3. The number of unbranched alkanes of at least 4 members (excludes halogenated alkanes) is 8. The van der Waals surface area contributed by atoms with Gasteiger partial charge in [-0.2, -0.15) is 0 Å². The van der Waals surface area contributed by atoms with Gasteiger partial charge in [-0.25, -0.2) is 4.99 Å². The SMILES string of the molecule is CCCCCC(=O)OCC1(COC(=O)CCCCC)Nc2cccc3ccc(C4=C([O-])C(C5C=Cc6cccc7c6C5=[NH+]C(COC(=O)CCCCC)(COC(=O)CCCCC)N7)C4=O)c(c23)N1. The largest absolute Gasteiger partial charge is 0.874 e. The molecule has 14 nitrogen and oxygen atoms in total. The molecule has 3 aromatic rings. The number of hydrogen-bond acceptors (Lipinski definition) is 13. The van der Waals surface area contributed by atoms with Gasteiger partial charge in [0.2, 0.25) is 0 Å². The Morgan fingerprint density at radius 3 is 1.71 bits per heavy atom.